The number of carbonyl (C=O) groups is 1. The maximum absolute atomic E-state index is 13.5. The lowest BCUT2D eigenvalue weighted by molar-refractivity contribution is 0.104. The number of benzene rings is 2. The fraction of sp³-hybridized carbons (Fsp3) is 0.0769. The van der Waals surface area contributed by atoms with Gasteiger partial charge in [0.1, 0.15) is 5.75 Å². The Morgan fingerprint density at radius 1 is 1.09 bits per heavy atom. The molecule has 0 saturated carbocycles. The molecule has 32 heavy (non-hydrogen) atoms. The minimum atomic E-state index is -0.00162. The molecule has 0 amide bonds. The number of aromatic nitrogens is 2. The predicted molar refractivity (Wildman–Crippen MR) is 130 cm³/mol. The lowest BCUT2D eigenvalue weighted by Gasteiger charge is -2.06. The smallest absolute Gasteiger partial charge is 0.205 e. The molecule has 2 aromatic carbocycles. The van der Waals surface area contributed by atoms with Gasteiger partial charge < -0.3 is 9.30 Å². The SMILES string of the molecule is COc1ccc2c(c1)c(C(=O)c1ccc(-c3cccnc3)s1)cn2Cc1ccc(Cl)cc1. The van der Waals surface area contributed by atoms with Crippen molar-refractivity contribution in [1.29, 1.82) is 0 Å². The van der Waals surface area contributed by atoms with E-state index < -0.39 is 0 Å². The van der Waals surface area contributed by atoms with Crippen LogP contribution in [0.4, 0.5) is 0 Å². The molecule has 0 unspecified atom stereocenters. The molecule has 0 spiro atoms. The van der Waals surface area contributed by atoms with Crippen LogP contribution in [-0.2, 0) is 6.54 Å². The molecule has 0 atom stereocenters. The molecule has 0 radical (unpaired) electrons. The Morgan fingerprint density at radius 2 is 1.94 bits per heavy atom. The van der Waals surface area contributed by atoms with E-state index in [2.05, 4.69) is 9.55 Å². The molecule has 0 saturated heterocycles. The van der Waals surface area contributed by atoms with Crippen molar-refractivity contribution in [3.8, 4) is 16.2 Å². The third-order valence-electron chi connectivity index (χ3n) is 5.37. The summed E-state index contributed by atoms with van der Waals surface area (Å²) in [7, 11) is 1.63. The third kappa shape index (κ3) is 3.93. The van der Waals surface area contributed by atoms with Crippen molar-refractivity contribution >= 4 is 39.6 Å². The summed E-state index contributed by atoms with van der Waals surface area (Å²) in [5.74, 6) is 0.719. The van der Waals surface area contributed by atoms with E-state index in [0.717, 1.165) is 32.7 Å². The number of fused-ring (bicyclic) bond motifs is 1. The molecule has 3 aromatic heterocycles. The van der Waals surface area contributed by atoms with Gasteiger partial charge in [0.05, 0.1) is 12.0 Å². The summed E-state index contributed by atoms with van der Waals surface area (Å²) < 4.78 is 7.52. The first-order valence-electron chi connectivity index (χ1n) is 10.1. The van der Waals surface area contributed by atoms with Gasteiger partial charge in [-0.25, -0.2) is 0 Å². The molecule has 0 fully saturated rings. The van der Waals surface area contributed by atoms with E-state index in [-0.39, 0.29) is 5.78 Å². The van der Waals surface area contributed by atoms with E-state index in [0.29, 0.717) is 22.0 Å². The minimum Gasteiger partial charge on any atom is -0.497 e. The Hall–Kier alpha value is -3.41. The summed E-state index contributed by atoms with van der Waals surface area (Å²) in [4.78, 5) is 19.4. The highest BCUT2D eigenvalue weighted by molar-refractivity contribution is 7.17. The number of methoxy groups -OCH3 is 1. The Morgan fingerprint density at radius 3 is 2.69 bits per heavy atom. The molecule has 5 rings (SSSR count). The average Bonchev–Trinajstić information content (AvgIpc) is 3.46. The van der Waals surface area contributed by atoms with Gasteiger partial charge in [0.25, 0.3) is 0 Å². The summed E-state index contributed by atoms with van der Waals surface area (Å²) >= 11 is 7.51. The Balaban J connectivity index is 1.56. The number of hydrogen-bond donors (Lipinski definition) is 0. The second kappa shape index (κ2) is 8.61. The minimum absolute atomic E-state index is 0.00162. The Kier molecular flexibility index (Phi) is 5.52. The maximum atomic E-state index is 13.5. The molecule has 5 aromatic rings. The van der Waals surface area contributed by atoms with Crippen molar-refractivity contribution in [2.45, 2.75) is 6.54 Å². The Bertz CT molecular complexity index is 1410. The maximum Gasteiger partial charge on any atom is 0.205 e. The lowest BCUT2D eigenvalue weighted by Crippen LogP contribution is -1.99. The van der Waals surface area contributed by atoms with Crippen molar-refractivity contribution in [3.63, 3.8) is 0 Å². The number of rotatable bonds is 6. The molecule has 4 nitrogen and oxygen atoms in total. The van der Waals surface area contributed by atoms with Crippen LogP contribution in [0.2, 0.25) is 5.02 Å². The van der Waals surface area contributed by atoms with Crippen LogP contribution in [0.5, 0.6) is 5.75 Å². The van der Waals surface area contributed by atoms with E-state index in [1.54, 1.807) is 13.3 Å². The van der Waals surface area contributed by atoms with Crippen LogP contribution in [-0.4, -0.2) is 22.4 Å². The van der Waals surface area contributed by atoms with Gasteiger partial charge in [0.15, 0.2) is 0 Å². The molecular weight excluding hydrogens is 440 g/mol. The van der Waals surface area contributed by atoms with Gasteiger partial charge in [-0.3, -0.25) is 9.78 Å². The summed E-state index contributed by atoms with van der Waals surface area (Å²) in [6.07, 6.45) is 5.49. The second-order valence-corrected chi connectivity index (χ2v) is 8.94. The highest BCUT2D eigenvalue weighted by atomic mass is 35.5. The van der Waals surface area contributed by atoms with E-state index in [4.69, 9.17) is 16.3 Å². The standard InChI is InChI=1S/C26H19ClN2O2S/c1-31-20-8-9-23-21(13-20)22(16-29(23)15-17-4-6-19(27)7-5-17)26(30)25-11-10-24(32-25)18-3-2-12-28-14-18/h2-14,16H,15H2,1H3. The molecule has 0 aliphatic carbocycles. The van der Waals surface area contributed by atoms with Crippen LogP contribution < -0.4 is 4.74 Å². The van der Waals surface area contributed by atoms with Crippen LogP contribution in [0, 0.1) is 0 Å². The number of thiophene rings is 1. The number of ketones is 1. The van der Waals surface area contributed by atoms with Crippen LogP contribution in [0.3, 0.4) is 0 Å². The molecule has 0 bridgehead atoms. The number of hydrogen-bond acceptors (Lipinski definition) is 4. The van der Waals surface area contributed by atoms with E-state index >= 15 is 0 Å². The summed E-state index contributed by atoms with van der Waals surface area (Å²) in [6, 6.07) is 21.3. The highest BCUT2D eigenvalue weighted by Crippen LogP contribution is 2.33. The molecule has 0 N–H and O–H groups in total. The fourth-order valence-electron chi connectivity index (χ4n) is 3.76. The highest BCUT2D eigenvalue weighted by Gasteiger charge is 2.19. The van der Waals surface area contributed by atoms with Gasteiger partial charge in [-0.1, -0.05) is 29.8 Å². The van der Waals surface area contributed by atoms with Crippen LogP contribution in [0.15, 0.2) is 85.3 Å². The van der Waals surface area contributed by atoms with Crippen molar-refractivity contribution in [3.05, 3.63) is 106 Å². The first-order valence-corrected chi connectivity index (χ1v) is 11.3. The number of pyridine rings is 1. The predicted octanol–water partition coefficient (Wildman–Crippen LogP) is 6.71. The molecule has 6 heteroatoms. The second-order valence-electron chi connectivity index (χ2n) is 7.41. The van der Waals surface area contributed by atoms with Gasteiger partial charge in [0, 0.05) is 57.1 Å². The zero-order chi connectivity index (χ0) is 22.1. The zero-order valence-corrected chi connectivity index (χ0v) is 18.9. The molecule has 0 aliphatic rings. The van der Waals surface area contributed by atoms with Gasteiger partial charge in [-0.2, -0.15) is 0 Å². The van der Waals surface area contributed by atoms with Gasteiger partial charge in [0.2, 0.25) is 5.78 Å². The first kappa shape index (κ1) is 20.5. The Labute approximate surface area is 194 Å². The van der Waals surface area contributed by atoms with E-state index in [1.807, 2.05) is 79.1 Å². The summed E-state index contributed by atoms with van der Waals surface area (Å²) in [6.45, 7) is 0.638. The van der Waals surface area contributed by atoms with Crippen LogP contribution in [0.25, 0.3) is 21.3 Å². The zero-order valence-electron chi connectivity index (χ0n) is 17.3. The van der Waals surface area contributed by atoms with Crippen molar-refractivity contribution < 1.29 is 9.53 Å². The average molecular weight is 459 g/mol. The fourth-order valence-corrected chi connectivity index (χ4v) is 4.83. The summed E-state index contributed by atoms with van der Waals surface area (Å²) in [5, 5.41) is 1.58. The monoisotopic (exact) mass is 458 g/mol. The van der Waals surface area contributed by atoms with Gasteiger partial charge in [-0.05, 0) is 54.1 Å². The number of nitrogens with zero attached hydrogens (tertiary/aromatic N) is 2. The molecule has 0 aliphatic heterocycles. The quantitative estimate of drug-likeness (QED) is 0.266. The number of ether oxygens (including phenoxy) is 1. The molecule has 158 valence electrons. The molecular formula is C26H19ClN2O2S. The van der Waals surface area contributed by atoms with Crippen molar-refractivity contribution in [2.75, 3.05) is 7.11 Å². The lowest BCUT2D eigenvalue weighted by atomic mass is 10.1. The van der Waals surface area contributed by atoms with Crippen LogP contribution in [0.1, 0.15) is 20.8 Å². The van der Waals surface area contributed by atoms with Crippen LogP contribution >= 0.6 is 22.9 Å². The largest absolute Gasteiger partial charge is 0.497 e. The van der Waals surface area contributed by atoms with Crippen molar-refractivity contribution in [2.24, 2.45) is 0 Å². The molecule has 3 heterocycles. The number of halogens is 1. The third-order valence-corrected chi connectivity index (χ3v) is 6.76. The number of carbonyl (C=O) groups excluding carboxylic acids is 1. The topological polar surface area (TPSA) is 44.1 Å². The summed E-state index contributed by atoms with van der Waals surface area (Å²) in [5.41, 5.74) is 3.75. The van der Waals surface area contributed by atoms with E-state index in [9.17, 15) is 4.79 Å². The van der Waals surface area contributed by atoms with Gasteiger partial charge in [-0.15, -0.1) is 11.3 Å². The van der Waals surface area contributed by atoms with Crippen molar-refractivity contribution in [1.82, 2.24) is 9.55 Å². The normalized spacial score (nSPS) is 11.1. The van der Waals surface area contributed by atoms with E-state index in [1.165, 1.54) is 11.3 Å². The van der Waals surface area contributed by atoms with Gasteiger partial charge >= 0.3 is 0 Å². The first-order chi connectivity index (χ1) is 15.6.